The van der Waals surface area contributed by atoms with Crippen molar-refractivity contribution in [2.75, 3.05) is 29.3 Å². The van der Waals surface area contributed by atoms with Gasteiger partial charge in [-0.1, -0.05) is 46.9 Å². The van der Waals surface area contributed by atoms with E-state index in [2.05, 4.69) is 10.3 Å². The lowest BCUT2D eigenvalue weighted by Crippen LogP contribution is -2.49. The predicted molar refractivity (Wildman–Crippen MR) is 142 cm³/mol. The van der Waals surface area contributed by atoms with E-state index in [1.807, 2.05) is 0 Å². The van der Waals surface area contributed by atoms with E-state index >= 15 is 0 Å². The maximum atomic E-state index is 13.7. The fraction of sp³-hybridized carbons (Fsp3) is 0.167. The van der Waals surface area contributed by atoms with E-state index in [-0.39, 0.29) is 55.9 Å². The summed E-state index contributed by atoms with van der Waals surface area (Å²) in [4.78, 5) is 41.8. The highest BCUT2D eigenvalue weighted by Crippen LogP contribution is 2.38. The minimum Gasteiger partial charge on any atom is -0.469 e. The number of ether oxygens (including phenoxy) is 2. The van der Waals surface area contributed by atoms with Crippen LogP contribution in [0.15, 0.2) is 59.6 Å². The third-order valence-electron chi connectivity index (χ3n) is 5.81. The highest BCUT2D eigenvalue weighted by atomic mass is 35.5. The van der Waals surface area contributed by atoms with E-state index in [4.69, 9.17) is 44.3 Å². The first-order valence-electron chi connectivity index (χ1n) is 11.2. The molecule has 2 aliphatic rings. The summed E-state index contributed by atoms with van der Waals surface area (Å²) in [7, 11) is -4.25. The van der Waals surface area contributed by atoms with Gasteiger partial charge in [0.1, 0.15) is 11.8 Å². The van der Waals surface area contributed by atoms with Crippen molar-refractivity contribution in [3.8, 4) is 5.88 Å². The van der Waals surface area contributed by atoms with Crippen LogP contribution in [0.4, 0.5) is 16.2 Å². The van der Waals surface area contributed by atoms with Gasteiger partial charge in [-0.3, -0.25) is 13.9 Å². The number of aromatic nitrogens is 1. The Morgan fingerprint density at radius 1 is 1.08 bits per heavy atom. The Labute approximate surface area is 237 Å². The number of imide groups is 1. The molecule has 0 bridgehead atoms. The molecule has 1 fully saturated rings. The molecule has 1 saturated heterocycles. The van der Waals surface area contributed by atoms with Gasteiger partial charge in [-0.15, -0.1) is 0 Å². The van der Waals surface area contributed by atoms with Crippen molar-refractivity contribution in [2.24, 2.45) is 0 Å². The lowest BCUT2D eigenvalue weighted by Gasteiger charge is -2.35. The van der Waals surface area contributed by atoms with Crippen LogP contribution in [0, 0.1) is 0 Å². The summed E-state index contributed by atoms with van der Waals surface area (Å²) in [6.45, 7) is -0.985. The van der Waals surface area contributed by atoms with Crippen LogP contribution in [0.3, 0.4) is 0 Å². The molecule has 39 heavy (non-hydrogen) atoms. The molecule has 2 aromatic carbocycles. The number of hydrogen-bond acceptors (Lipinski definition) is 8. The van der Waals surface area contributed by atoms with Crippen molar-refractivity contribution < 1.29 is 32.3 Å². The van der Waals surface area contributed by atoms with E-state index < -0.39 is 40.6 Å². The van der Waals surface area contributed by atoms with Crippen LogP contribution in [-0.2, 0) is 19.6 Å². The van der Waals surface area contributed by atoms with E-state index in [1.165, 1.54) is 48.7 Å². The average molecular weight is 612 g/mol. The second-order valence-electron chi connectivity index (χ2n) is 8.39. The van der Waals surface area contributed by atoms with Gasteiger partial charge in [-0.2, -0.15) is 0 Å². The molecule has 202 valence electrons. The Bertz CT molecular complexity index is 1580. The van der Waals surface area contributed by atoms with E-state index in [0.717, 1.165) is 9.21 Å². The van der Waals surface area contributed by atoms with Crippen molar-refractivity contribution in [2.45, 2.75) is 11.0 Å². The molecule has 1 N–H and O–H groups in total. The van der Waals surface area contributed by atoms with Crippen molar-refractivity contribution >= 4 is 74.1 Å². The SMILES string of the molecule is O=C(Nc1cnc2c(c1)N(S(=O)(=O)c1cccc(Cl)c1)CC(CN1C(=O)COC1=O)O2)c1c(Cl)cccc1Cl. The number of nitrogens with zero attached hydrogens (tertiary/aromatic N) is 3. The number of cyclic esters (lactones) is 1. The van der Waals surface area contributed by atoms with Crippen molar-refractivity contribution in [1.29, 1.82) is 0 Å². The van der Waals surface area contributed by atoms with Crippen molar-refractivity contribution in [3.05, 3.63) is 75.4 Å². The minimum absolute atomic E-state index is 0.00426. The zero-order chi connectivity index (χ0) is 27.9. The van der Waals surface area contributed by atoms with Gasteiger partial charge in [0.15, 0.2) is 6.61 Å². The second kappa shape index (κ2) is 10.5. The van der Waals surface area contributed by atoms with Gasteiger partial charge in [-0.25, -0.2) is 23.1 Å². The molecule has 15 heteroatoms. The van der Waals surface area contributed by atoms with Crippen LogP contribution in [0.25, 0.3) is 0 Å². The molecule has 1 unspecified atom stereocenters. The lowest BCUT2D eigenvalue weighted by atomic mass is 10.2. The monoisotopic (exact) mass is 610 g/mol. The quantitative estimate of drug-likeness (QED) is 0.438. The molecule has 2 aliphatic heterocycles. The highest BCUT2D eigenvalue weighted by molar-refractivity contribution is 7.92. The van der Waals surface area contributed by atoms with Crippen molar-refractivity contribution in [3.63, 3.8) is 0 Å². The third-order valence-corrected chi connectivity index (χ3v) is 8.45. The number of halogens is 3. The maximum Gasteiger partial charge on any atom is 0.417 e. The number of carbonyl (C=O) groups excluding carboxylic acids is 3. The summed E-state index contributed by atoms with van der Waals surface area (Å²) in [5.74, 6) is -1.33. The number of pyridine rings is 1. The topological polar surface area (TPSA) is 135 Å². The molecule has 1 aromatic heterocycles. The highest BCUT2D eigenvalue weighted by Gasteiger charge is 2.40. The number of sulfonamides is 1. The standard InChI is InChI=1S/C24H17Cl3N4O7S/c25-13-3-1-4-16(7-13)39(35,36)31-11-15(10-30-20(32)12-37-24(30)34)38-23-19(31)8-14(9-28-23)29-22(33)21-17(26)5-2-6-18(21)27/h1-9,15H,10-12H2,(H,29,33). The summed E-state index contributed by atoms with van der Waals surface area (Å²) in [6.07, 6.45) is -0.581. The number of anilines is 2. The molecule has 0 aliphatic carbocycles. The summed E-state index contributed by atoms with van der Waals surface area (Å²) in [6, 6.07) is 11.6. The number of nitrogens with one attached hydrogen (secondary N) is 1. The van der Waals surface area contributed by atoms with Gasteiger partial charge < -0.3 is 14.8 Å². The molecule has 0 spiro atoms. The van der Waals surface area contributed by atoms with E-state index in [0.29, 0.717) is 0 Å². The molecule has 5 rings (SSSR count). The Morgan fingerprint density at radius 3 is 2.46 bits per heavy atom. The lowest BCUT2D eigenvalue weighted by molar-refractivity contribution is -0.126. The molecule has 3 heterocycles. The number of carbonyl (C=O) groups is 3. The zero-order valence-corrected chi connectivity index (χ0v) is 22.7. The van der Waals surface area contributed by atoms with Crippen molar-refractivity contribution in [1.82, 2.24) is 9.88 Å². The number of amides is 3. The van der Waals surface area contributed by atoms with Crippen LogP contribution in [0.2, 0.25) is 15.1 Å². The van der Waals surface area contributed by atoms with Gasteiger partial charge >= 0.3 is 6.09 Å². The molecule has 3 amide bonds. The van der Waals surface area contributed by atoms with Gasteiger partial charge in [0, 0.05) is 5.02 Å². The molecule has 3 aromatic rings. The van der Waals surface area contributed by atoms with Gasteiger partial charge in [0.2, 0.25) is 5.88 Å². The van der Waals surface area contributed by atoms with Gasteiger partial charge in [0.05, 0.1) is 45.5 Å². The first-order chi connectivity index (χ1) is 18.5. The largest absolute Gasteiger partial charge is 0.469 e. The molecular formula is C24H17Cl3N4O7S. The average Bonchev–Trinajstić information content (AvgIpc) is 3.20. The Balaban J connectivity index is 1.52. The molecular weight excluding hydrogens is 595 g/mol. The maximum absolute atomic E-state index is 13.7. The van der Waals surface area contributed by atoms with Crippen LogP contribution < -0.4 is 14.4 Å². The van der Waals surface area contributed by atoms with Crippen LogP contribution in [-0.4, -0.2) is 62.0 Å². The Morgan fingerprint density at radius 2 is 1.79 bits per heavy atom. The summed E-state index contributed by atoms with van der Waals surface area (Å²) in [5.41, 5.74) is 0.159. The Hall–Kier alpha value is -3.58. The van der Waals surface area contributed by atoms with Gasteiger partial charge in [-0.05, 0) is 36.4 Å². The first-order valence-corrected chi connectivity index (χ1v) is 13.8. The molecule has 11 nitrogen and oxygen atoms in total. The molecule has 0 saturated carbocycles. The second-order valence-corrected chi connectivity index (χ2v) is 11.5. The predicted octanol–water partition coefficient (Wildman–Crippen LogP) is 4.23. The molecule has 0 radical (unpaired) electrons. The van der Waals surface area contributed by atoms with E-state index in [1.54, 1.807) is 6.07 Å². The normalized spacial score (nSPS) is 16.9. The third kappa shape index (κ3) is 5.33. The summed E-state index contributed by atoms with van der Waals surface area (Å²) >= 11 is 18.3. The molecule has 1 atom stereocenters. The summed E-state index contributed by atoms with van der Waals surface area (Å²) < 4.78 is 39.1. The first kappa shape index (κ1) is 27.0. The van der Waals surface area contributed by atoms with Crippen LogP contribution in [0.1, 0.15) is 10.4 Å². The zero-order valence-electron chi connectivity index (χ0n) is 19.6. The van der Waals surface area contributed by atoms with Crippen LogP contribution in [0.5, 0.6) is 5.88 Å². The number of benzene rings is 2. The van der Waals surface area contributed by atoms with Gasteiger partial charge in [0.25, 0.3) is 21.8 Å². The fourth-order valence-corrected chi connectivity index (χ4v) is 6.36. The number of fused-ring (bicyclic) bond motifs is 1. The number of hydrogen-bond donors (Lipinski definition) is 1. The summed E-state index contributed by atoms with van der Waals surface area (Å²) in [5, 5.41) is 3.05. The fourth-order valence-electron chi connectivity index (χ4n) is 4.00. The number of rotatable bonds is 6. The Kier molecular flexibility index (Phi) is 7.29. The van der Waals surface area contributed by atoms with E-state index in [9.17, 15) is 22.8 Å². The van der Waals surface area contributed by atoms with Crippen LogP contribution >= 0.6 is 34.8 Å². The smallest absolute Gasteiger partial charge is 0.417 e. The minimum atomic E-state index is -4.25.